The van der Waals surface area contributed by atoms with Crippen LogP contribution in [0.15, 0.2) is 48.8 Å². The summed E-state index contributed by atoms with van der Waals surface area (Å²) < 4.78 is 5.37. The Hall–Kier alpha value is -3.52. The number of aryl methyl sites for hydroxylation is 2. The number of methoxy groups -OCH3 is 1. The standard InChI is InChI=1S/C25H25N5O2S/c1-3-30(15-21(31)27-18-10-4-5-11-19(18)32-2)24-22-17-9-6-12-20(17)33-25(22)29-23(28-24)16-8-7-13-26-14-16/h4-5,7-8,10-11,13-14H,3,6,9,12,15H2,1-2H3,(H,27,31). The highest BCUT2D eigenvalue weighted by molar-refractivity contribution is 7.19. The Bertz CT molecular complexity index is 1310. The largest absolute Gasteiger partial charge is 0.495 e. The molecule has 1 amide bonds. The minimum atomic E-state index is -0.122. The molecule has 33 heavy (non-hydrogen) atoms. The summed E-state index contributed by atoms with van der Waals surface area (Å²) in [4.78, 5) is 31.5. The third-order valence-corrected chi connectivity index (χ3v) is 7.05. The second-order valence-corrected chi connectivity index (χ2v) is 9.00. The van der Waals surface area contributed by atoms with Crippen molar-refractivity contribution in [2.24, 2.45) is 0 Å². The zero-order valence-corrected chi connectivity index (χ0v) is 19.5. The van der Waals surface area contributed by atoms with Crippen LogP contribution in [0.5, 0.6) is 5.75 Å². The monoisotopic (exact) mass is 459 g/mol. The number of likely N-dealkylation sites (N-methyl/N-ethyl adjacent to an activating group) is 1. The number of para-hydroxylation sites is 2. The number of nitrogens with zero attached hydrogens (tertiary/aromatic N) is 4. The highest BCUT2D eigenvalue weighted by atomic mass is 32.1. The highest BCUT2D eigenvalue weighted by Gasteiger charge is 2.25. The van der Waals surface area contributed by atoms with E-state index in [0.717, 1.165) is 40.9 Å². The van der Waals surface area contributed by atoms with Crippen LogP contribution in [0.2, 0.25) is 0 Å². The molecule has 3 aromatic heterocycles. The van der Waals surface area contributed by atoms with E-state index in [1.54, 1.807) is 30.8 Å². The third-order valence-electron chi connectivity index (χ3n) is 5.86. The second kappa shape index (κ2) is 9.15. The van der Waals surface area contributed by atoms with Crippen molar-refractivity contribution in [1.29, 1.82) is 0 Å². The van der Waals surface area contributed by atoms with Gasteiger partial charge in [0.2, 0.25) is 5.91 Å². The molecule has 1 aliphatic carbocycles. The topological polar surface area (TPSA) is 80.2 Å². The van der Waals surface area contributed by atoms with E-state index < -0.39 is 0 Å². The summed E-state index contributed by atoms with van der Waals surface area (Å²) in [6.07, 6.45) is 6.78. The Kier molecular flexibility index (Phi) is 5.92. The van der Waals surface area contributed by atoms with Crippen molar-refractivity contribution in [3.8, 4) is 17.1 Å². The lowest BCUT2D eigenvalue weighted by Crippen LogP contribution is -2.34. The van der Waals surface area contributed by atoms with Crippen molar-refractivity contribution in [1.82, 2.24) is 15.0 Å². The molecule has 0 unspecified atom stereocenters. The van der Waals surface area contributed by atoms with Gasteiger partial charge in [-0.1, -0.05) is 12.1 Å². The Balaban J connectivity index is 1.53. The van der Waals surface area contributed by atoms with Gasteiger partial charge in [-0.05, 0) is 56.0 Å². The summed E-state index contributed by atoms with van der Waals surface area (Å²) in [5, 5.41) is 4.07. The molecular formula is C25H25N5O2S. The molecule has 3 heterocycles. The maximum atomic E-state index is 13.0. The summed E-state index contributed by atoms with van der Waals surface area (Å²) in [6, 6.07) is 11.3. The molecule has 0 bridgehead atoms. The molecule has 0 spiro atoms. The predicted molar refractivity (Wildman–Crippen MR) is 132 cm³/mol. The summed E-state index contributed by atoms with van der Waals surface area (Å²) >= 11 is 1.75. The van der Waals surface area contributed by atoms with Crippen molar-refractivity contribution in [3.63, 3.8) is 0 Å². The van der Waals surface area contributed by atoms with Gasteiger partial charge in [0.1, 0.15) is 16.4 Å². The molecule has 168 valence electrons. The number of thiophene rings is 1. The van der Waals surface area contributed by atoms with Gasteiger partial charge < -0.3 is 15.0 Å². The van der Waals surface area contributed by atoms with E-state index in [1.807, 2.05) is 48.2 Å². The average molecular weight is 460 g/mol. The van der Waals surface area contributed by atoms with Gasteiger partial charge in [0, 0.05) is 29.4 Å². The number of amides is 1. The van der Waals surface area contributed by atoms with Gasteiger partial charge in [-0.3, -0.25) is 9.78 Å². The number of nitrogens with one attached hydrogen (secondary N) is 1. The van der Waals surface area contributed by atoms with Gasteiger partial charge >= 0.3 is 0 Å². The van der Waals surface area contributed by atoms with Crippen molar-refractivity contribution >= 4 is 39.0 Å². The Labute approximate surface area is 196 Å². The van der Waals surface area contributed by atoms with E-state index in [9.17, 15) is 4.79 Å². The van der Waals surface area contributed by atoms with Gasteiger partial charge in [-0.2, -0.15) is 0 Å². The quantitative estimate of drug-likeness (QED) is 0.431. The van der Waals surface area contributed by atoms with Gasteiger partial charge in [-0.25, -0.2) is 9.97 Å². The fraction of sp³-hybridized carbons (Fsp3) is 0.280. The van der Waals surface area contributed by atoms with Crippen molar-refractivity contribution in [2.45, 2.75) is 26.2 Å². The fourth-order valence-electron chi connectivity index (χ4n) is 4.28. The molecule has 1 aliphatic rings. The van der Waals surface area contributed by atoms with Crippen LogP contribution in [0.4, 0.5) is 11.5 Å². The number of rotatable bonds is 7. The van der Waals surface area contributed by atoms with Crippen LogP contribution in [0.25, 0.3) is 21.6 Å². The van der Waals surface area contributed by atoms with Gasteiger partial charge in [0.25, 0.3) is 0 Å². The fourth-order valence-corrected chi connectivity index (χ4v) is 5.53. The van der Waals surface area contributed by atoms with Crippen LogP contribution in [-0.2, 0) is 17.6 Å². The maximum absolute atomic E-state index is 13.0. The molecule has 1 aromatic carbocycles. The van der Waals surface area contributed by atoms with Gasteiger partial charge in [0.15, 0.2) is 5.82 Å². The number of fused-ring (bicyclic) bond motifs is 3. The third kappa shape index (κ3) is 4.14. The van der Waals surface area contributed by atoms with Crippen LogP contribution in [-0.4, -0.2) is 41.1 Å². The lowest BCUT2D eigenvalue weighted by Gasteiger charge is -2.23. The summed E-state index contributed by atoms with van der Waals surface area (Å²) in [5.74, 6) is 1.96. The molecule has 0 saturated carbocycles. The summed E-state index contributed by atoms with van der Waals surface area (Å²) in [7, 11) is 1.60. The molecular weight excluding hydrogens is 434 g/mol. The van der Waals surface area contributed by atoms with E-state index in [1.165, 1.54) is 10.4 Å². The van der Waals surface area contributed by atoms with Crippen molar-refractivity contribution in [3.05, 3.63) is 59.2 Å². The Morgan fingerprint density at radius 3 is 2.85 bits per heavy atom. The lowest BCUT2D eigenvalue weighted by atomic mass is 10.1. The minimum absolute atomic E-state index is 0.122. The predicted octanol–water partition coefficient (Wildman–Crippen LogP) is 4.72. The van der Waals surface area contributed by atoms with E-state index >= 15 is 0 Å². The smallest absolute Gasteiger partial charge is 0.244 e. The number of anilines is 2. The Morgan fingerprint density at radius 1 is 1.18 bits per heavy atom. The number of benzene rings is 1. The van der Waals surface area contributed by atoms with Crippen LogP contribution in [0.1, 0.15) is 23.8 Å². The first-order chi connectivity index (χ1) is 16.2. The summed E-state index contributed by atoms with van der Waals surface area (Å²) in [5.41, 5.74) is 2.86. The van der Waals surface area contributed by atoms with E-state index in [-0.39, 0.29) is 12.5 Å². The van der Waals surface area contributed by atoms with Crippen LogP contribution in [0, 0.1) is 0 Å². The number of pyridine rings is 1. The summed E-state index contributed by atoms with van der Waals surface area (Å²) in [6.45, 7) is 2.86. The number of carbonyl (C=O) groups is 1. The zero-order chi connectivity index (χ0) is 22.8. The van der Waals surface area contributed by atoms with Crippen LogP contribution >= 0.6 is 11.3 Å². The number of carbonyl (C=O) groups excluding carboxylic acids is 1. The number of ether oxygens (including phenoxy) is 1. The number of aromatic nitrogens is 3. The SMILES string of the molecule is CCN(CC(=O)Nc1ccccc1OC)c1nc(-c2cccnc2)nc2sc3c(c12)CCC3. The molecule has 1 N–H and O–H groups in total. The van der Waals surface area contributed by atoms with Crippen LogP contribution in [0.3, 0.4) is 0 Å². The van der Waals surface area contributed by atoms with Crippen LogP contribution < -0.4 is 15.0 Å². The molecule has 0 saturated heterocycles. The molecule has 0 fully saturated rings. The van der Waals surface area contributed by atoms with Gasteiger partial charge in [-0.15, -0.1) is 11.3 Å². The van der Waals surface area contributed by atoms with Crippen molar-refractivity contribution in [2.75, 3.05) is 30.4 Å². The van der Waals surface area contributed by atoms with E-state index in [4.69, 9.17) is 14.7 Å². The normalized spacial score (nSPS) is 12.5. The first-order valence-electron chi connectivity index (χ1n) is 11.1. The molecule has 4 aromatic rings. The molecule has 0 atom stereocenters. The first-order valence-corrected chi connectivity index (χ1v) is 11.9. The van der Waals surface area contributed by atoms with E-state index in [0.29, 0.717) is 23.8 Å². The molecule has 5 rings (SSSR count). The zero-order valence-electron chi connectivity index (χ0n) is 18.7. The molecule has 0 radical (unpaired) electrons. The first kappa shape index (κ1) is 21.3. The average Bonchev–Trinajstić information content (AvgIpc) is 3.44. The maximum Gasteiger partial charge on any atom is 0.244 e. The second-order valence-electron chi connectivity index (χ2n) is 7.91. The van der Waals surface area contributed by atoms with E-state index in [2.05, 4.69) is 10.3 Å². The number of hydrogen-bond acceptors (Lipinski definition) is 7. The molecule has 7 nitrogen and oxygen atoms in total. The highest BCUT2D eigenvalue weighted by Crippen LogP contribution is 2.41. The van der Waals surface area contributed by atoms with Crippen molar-refractivity contribution < 1.29 is 9.53 Å². The lowest BCUT2D eigenvalue weighted by molar-refractivity contribution is -0.115. The molecule has 8 heteroatoms. The molecule has 0 aliphatic heterocycles. The van der Waals surface area contributed by atoms with Gasteiger partial charge in [0.05, 0.1) is 24.7 Å². The minimum Gasteiger partial charge on any atom is -0.495 e. The number of hydrogen-bond donors (Lipinski definition) is 1. The Morgan fingerprint density at radius 2 is 2.06 bits per heavy atom.